The van der Waals surface area contributed by atoms with Gasteiger partial charge in [0, 0.05) is 0 Å². The normalized spacial score (nSPS) is 16.4. The van der Waals surface area contributed by atoms with Gasteiger partial charge in [0.15, 0.2) is 8.32 Å². The molecule has 1 aromatic rings. The molecule has 0 N–H and O–H groups in total. The molecule has 1 rings (SSSR count). The van der Waals surface area contributed by atoms with E-state index in [0.29, 0.717) is 0 Å². The minimum absolute atomic E-state index is 0.122. The molecule has 158 valence electrons. The third-order valence-corrected chi connectivity index (χ3v) is 12.2. The summed E-state index contributed by atoms with van der Waals surface area (Å²) in [5, 5.41) is 0. The second-order valence-electron chi connectivity index (χ2n) is 10.3. The summed E-state index contributed by atoms with van der Waals surface area (Å²) in [7, 11) is -3.32. The zero-order chi connectivity index (χ0) is 21.8. The molecule has 0 radical (unpaired) electrons. The van der Waals surface area contributed by atoms with Crippen molar-refractivity contribution in [1.29, 1.82) is 0 Å². The van der Waals surface area contributed by atoms with Crippen LogP contribution in [0.4, 0.5) is 0 Å². The first kappa shape index (κ1) is 25.8. The van der Waals surface area contributed by atoms with Crippen molar-refractivity contribution >= 4 is 39.0 Å². The zero-order valence-corrected chi connectivity index (χ0v) is 23.4. The van der Waals surface area contributed by atoms with Gasteiger partial charge in [-0.25, -0.2) is 0 Å². The fourth-order valence-electron chi connectivity index (χ4n) is 2.99. The van der Waals surface area contributed by atoms with E-state index in [1.54, 1.807) is 0 Å². The summed E-state index contributed by atoms with van der Waals surface area (Å²) in [4.78, 5) is 0. The average molecular weight is 531 g/mol. The second-order valence-corrected chi connectivity index (χ2v) is 21.9. The largest absolute Gasteiger partial charge is 0.408 e. The Bertz CT molecular complexity index is 665. The van der Waals surface area contributed by atoms with Crippen LogP contribution in [0.25, 0.3) is 0 Å². The molecule has 0 aromatic heterocycles. The number of hydrogen-bond acceptors (Lipinski definition) is 2. The van der Waals surface area contributed by atoms with Crippen molar-refractivity contribution in [3.63, 3.8) is 0 Å². The number of ether oxygens (including phenoxy) is 1. The molecule has 0 aliphatic rings. The van der Waals surface area contributed by atoms with Crippen LogP contribution in [-0.4, -0.2) is 28.1 Å². The molecule has 1 aromatic carbocycles. The maximum atomic E-state index is 6.78. The van der Waals surface area contributed by atoms with Gasteiger partial charge in [0.2, 0.25) is 0 Å². The Morgan fingerprint density at radius 2 is 1.61 bits per heavy atom. The number of allylic oxidation sites excluding steroid dienone is 1. The lowest BCUT2D eigenvalue weighted by Gasteiger charge is -2.39. The number of hydrogen-bond donors (Lipinski definition) is 0. The predicted octanol–water partition coefficient (Wildman–Crippen LogP) is 7.91. The van der Waals surface area contributed by atoms with Crippen LogP contribution in [0.2, 0.25) is 39.3 Å². The van der Waals surface area contributed by atoms with Crippen LogP contribution < -0.4 is 0 Å². The van der Waals surface area contributed by atoms with E-state index in [1.165, 1.54) is 14.3 Å². The van der Waals surface area contributed by atoms with Crippen LogP contribution in [0.1, 0.15) is 38.9 Å². The lowest BCUT2D eigenvalue weighted by molar-refractivity contribution is -0.0902. The highest BCUT2D eigenvalue weighted by atomic mass is 127. The van der Waals surface area contributed by atoms with E-state index in [9.17, 15) is 0 Å². The van der Waals surface area contributed by atoms with Gasteiger partial charge in [-0.2, -0.15) is 0 Å². The minimum atomic E-state index is -1.81. The van der Waals surface area contributed by atoms with E-state index < -0.39 is 16.4 Å². The Morgan fingerprint density at radius 3 is 2.00 bits per heavy atom. The average Bonchev–Trinajstić information content (AvgIpc) is 2.53. The van der Waals surface area contributed by atoms with E-state index in [4.69, 9.17) is 9.16 Å². The molecule has 0 unspecified atom stereocenters. The van der Waals surface area contributed by atoms with Crippen LogP contribution in [-0.2, 0) is 9.16 Å². The highest BCUT2D eigenvalue weighted by Crippen LogP contribution is 2.39. The van der Waals surface area contributed by atoms with Gasteiger partial charge in [-0.1, -0.05) is 78.6 Å². The van der Waals surface area contributed by atoms with Gasteiger partial charge in [0.1, 0.15) is 12.2 Å². The Kier molecular flexibility index (Phi) is 9.40. The predicted molar refractivity (Wildman–Crippen MR) is 137 cm³/mol. The molecule has 0 saturated carbocycles. The van der Waals surface area contributed by atoms with E-state index in [-0.39, 0.29) is 17.8 Å². The summed E-state index contributed by atoms with van der Waals surface area (Å²) in [6, 6.07) is 10.6. The Labute approximate surface area is 189 Å². The van der Waals surface area contributed by atoms with E-state index in [2.05, 4.69) is 120 Å². The lowest BCUT2D eigenvalue weighted by atomic mass is 9.96. The molecule has 0 aliphatic heterocycles. The van der Waals surface area contributed by atoms with Gasteiger partial charge < -0.3 is 9.16 Å². The summed E-state index contributed by atoms with van der Waals surface area (Å²) in [5.74, 6) is 0. The van der Waals surface area contributed by atoms with Crippen molar-refractivity contribution in [3.8, 4) is 0 Å². The molecule has 0 aliphatic carbocycles. The fraction of sp³-hybridized carbons (Fsp3) is 0.565. The molecular weight excluding hydrogens is 491 g/mol. The summed E-state index contributed by atoms with van der Waals surface area (Å²) in [6.45, 7) is 24.3. The highest BCUT2D eigenvalue weighted by molar-refractivity contribution is 14.1. The van der Waals surface area contributed by atoms with Crippen LogP contribution >= 0.6 is 22.6 Å². The van der Waals surface area contributed by atoms with Crippen molar-refractivity contribution in [3.05, 3.63) is 57.3 Å². The topological polar surface area (TPSA) is 18.5 Å². The first-order valence-electron chi connectivity index (χ1n) is 10.1. The van der Waals surface area contributed by atoms with Crippen molar-refractivity contribution in [2.75, 3.05) is 0 Å². The molecule has 0 amide bonds. The van der Waals surface area contributed by atoms with Crippen LogP contribution in [0, 0.1) is 0 Å². The second kappa shape index (κ2) is 10.2. The monoisotopic (exact) mass is 530 g/mol. The first-order chi connectivity index (χ1) is 12.7. The Morgan fingerprint density at radius 1 is 1.07 bits per heavy atom. The number of benzene rings is 1. The maximum absolute atomic E-state index is 6.78. The smallest absolute Gasteiger partial charge is 0.184 e. The molecular formula is C23H39IO2Si2. The molecule has 0 spiro atoms. The minimum Gasteiger partial charge on any atom is -0.408 e. The highest BCUT2D eigenvalue weighted by Gasteiger charge is 2.37. The van der Waals surface area contributed by atoms with Crippen molar-refractivity contribution in [2.24, 2.45) is 0 Å². The number of halogens is 1. The molecule has 28 heavy (non-hydrogen) atoms. The van der Waals surface area contributed by atoms with Gasteiger partial charge in [-0.05, 0) is 61.2 Å². The van der Waals surface area contributed by atoms with Gasteiger partial charge in [0.05, 0.1) is 13.7 Å². The maximum Gasteiger partial charge on any atom is 0.184 e. The van der Waals surface area contributed by atoms with Gasteiger partial charge in [0.25, 0.3) is 0 Å². The molecule has 0 fully saturated rings. The summed E-state index contributed by atoms with van der Waals surface area (Å²) in [5.41, 5.74) is 2.24. The van der Waals surface area contributed by atoms with Crippen molar-refractivity contribution in [1.82, 2.24) is 0 Å². The standard InChI is InChI=1S/C23H39IO2Si2/c1-11-15-19(22(24)27(5,6)7)21(25-23(2,3)4)20(26-28(8,9)10)18-16-13-12-14-17-18/h11-14,16-17,20-21H,1,15H2,2-10H3/b22-19+/t20-,21-/m1/s1. The molecule has 0 heterocycles. The molecule has 2 nitrogen and oxygen atoms in total. The van der Waals surface area contributed by atoms with Crippen LogP contribution in [0.3, 0.4) is 0 Å². The van der Waals surface area contributed by atoms with E-state index in [1.807, 2.05) is 6.08 Å². The quantitative estimate of drug-likeness (QED) is 0.184. The molecule has 5 heteroatoms. The van der Waals surface area contributed by atoms with Gasteiger partial charge >= 0.3 is 0 Å². The Balaban J connectivity index is 3.67. The molecule has 0 bridgehead atoms. The van der Waals surface area contributed by atoms with Crippen LogP contribution in [0.5, 0.6) is 0 Å². The fourth-order valence-corrected chi connectivity index (χ4v) is 5.75. The lowest BCUT2D eigenvalue weighted by Crippen LogP contribution is -2.40. The summed E-state index contributed by atoms with van der Waals surface area (Å²) in [6.07, 6.45) is 2.57. The number of rotatable bonds is 9. The third kappa shape index (κ3) is 8.65. The van der Waals surface area contributed by atoms with E-state index in [0.717, 1.165) is 6.42 Å². The first-order valence-corrected chi connectivity index (χ1v) is 18.0. The van der Waals surface area contributed by atoms with Gasteiger partial charge in [-0.3, -0.25) is 0 Å². The Hall–Kier alpha value is -0.216. The van der Waals surface area contributed by atoms with Crippen molar-refractivity contribution in [2.45, 2.75) is 84.3 Å². The van der Waals surface area contributed by atoms with Crippen molar-refractivity contribution < 1.29 is 9.16 Å². The van der Waals surface area contributed by atoms with Crippen LogP contribution in [0.15, 0.2) is 51.8 Å². The summed E-state index contributed by atoms with van der Waals surface area (Å²) < 4.78 is 15.0. The molecule has 2 atom stereocenters. The zero-order valence-electron chi connectivity index (χ0n) is 19.2. The van der Waals surface area contributed by atoms with Gasteiger partial charge in [-0.15, -0.1) is 6.58 Å². The SMILES string of the molecule is C=CC/C(=C(/I)[Si](C)(C)C)[C@@H](OC(C)(C)C)[C@H](O[Si](C)(C)C)c1ccccc1. The van der Waals surface area contributed by atoms with E-state index >= 15 is 0 Å². The molecule has 0 saturated heterocycles. The third-order valence-electron chi connectivity index (χ3n) is 4.01. The summed E-state index contributed by atoms with van der Waals surface area (Å²) >= 11 is 2.56.